The zero-order chi connectivity index (χ0) is 21.3. The normalized spacial score (nSPS) is 20.9. The highest BCUT2D eigenvalue weighted by atomic mass is 16.5. The smallest absolute Gasteiger partial charge is 0.220 e. The van der Waals surface area contributed by atoms with Gasteiger partial charge in [0.15, 0.2) is 5.96 Å². The Morgan fingerprint density at radius 3 is 2.73 bits per heavy atom. The summed E-state index contributed by atoms with van der Waals surface area (Å²) >= 11 is 0. The average molecular weight is 417 g/mol. The molecule has 2 saturated heterocycles. The molecule has 3 rings (SSSR count). The van der Waals surface area contributed by atoms with Crippen LogP contribution in [0.4, 0.5) is 5.82 Å². The lowest BCUT2D eigenvalue weighted by atomic mass is 9.93. The molecule has 0 spiro atoms. The summed E-state index contributed by atoms with van der Waals surface area (Å²) in [5.41, 5.74) is 1.10. The Labute approximate surface area is 180 Å². The largest absolute Gasteiger partial charge is 0.375 e. The van der Waals surface area contributed by atoms with Crippen LogP contribution in [0.15, 0.2) is 23.3 Å². The number of ether oxygens (including phenoxy) is 1. The van der Waals surface area contributed by atoms with Gasteiger partial charge >= 0.3 is 0 Å². The minimum atomic E-state index is 0.136. The van der Waals surface area contributed by atoms with Crippen LogP contribution in [-0.4, -0.2) is 74.2 Å². The van der Waals surface area contributed by atoms with Gasteiger partial charge in [-0.15, -0.1) is 0 Å². The summed E-state index contributed by atoms with van der Waals surface area (Å²) in [6.07, 6.45) is 4.83. The van der Waals surface area contributed by atoms with Crippen LogP contribution < -0.4 is 15.5 Å². The van der Waals surface area contributed by atoms with Crippen molar-refractivity contribution in [1.29, 1.82) is 0 Å². The van der Waals surface area contributed by atoms with E-state index in [1.54, 1.807) is 7.05 Å². The summed E-state index contributed by atoms with van der Waals surface area (Å²) in [4.78, 5) is 25.7. The number of aliphatic imine (C=N–C) groups is 1. The van der Waals surface area contributed by atoms with E-state index in [2.05, 4.69) is 51.4 Å². The molecule has 30 heavy (non-hydrogen) atoms. The number of carbonyl (C=O) groups is 1. The topological polar surface area (TPSA) is 82.1 Å². The minimum Gasteiger partial charge on any atom is -0.375 e. The highest BCUT2D eigenvalue weighted by molar-refractivity contribution is 5.80. The lowest BCUT2D eigenvalue weighted by Crippen LogP contribution is -2.46. The van der Waals surface area contributed by atoms with Crippen LogP contribution in [-0.2, 0) is 16.1 Å². The number of nitrogens with zero attached hydrogens (tertiary/aromatic N) is 4. The van der Waals surface area contributed by atoms with E-state index in [0.717, 1.165) is 69.5 Å². The molecule has 1 aromatic rings. The van der Waals surface area contributed by atoms with Crippen molar-refractivity contribution in [2.24, 2.45) is 10.9 Å². The zero-order valence-electron chi connectivity index (χ0n) is 18.6. The Kier molecular flexibility index (Phi) is 8.30. The quantitative estimate of drug-likeness (QED) is 0.542. The van der Waals surface area contributed by atoms with Gasteiger partial charge in [0.25, 0.3) is 0 Å². The first-order chi connectivity index (χ1) is 14.6. The van der Waals surface area contributed by atoms with E-state index < -0.39 is 0 Å². The molecule has 0 radical (unpaired) electrons. The number of likely N-dealkylation sites (tertiary alicyclic amines) is 1. The summed E-state index contributed by atoms with van der Waals surface area (Å²) in [7, 11) is 1.70. The number of carbonyl (C=O) groups excluding carboxylic acids is 1. The molecular weight excluding hydrogens is 380 g/mol. The van der Waals surface area contributed by atoms with Crippen molar-refractivity contribution in [2.45, 2.75) is 45.8 Å². The maximum Gasteiger partial charge on any atom is 0.220 e. The monoisotopic (exact) mass is 416 g/mol. The third-order valence-corrected chi connectivity index (χ3v) is 5.79. The van der Waals surface area contributed by atoms with Gasteiger partial charge in [-0.1, -0.05) is 6.07 Å². The molecule has 1 atom stereocenters. The van der Waals surface area contributed by atoms with Crippen LogP contribution in [0.1, 0.15) is 38.7 Å². The van der Waals surface area contributed by atoms with Crippen LogP contribution in [0, 0.1) is 5.92 Å². The van der Waals surface area contributed by atoms with Crippen molar-refractivity contribution in [1.82, 2.24) is 20.5 Å². The van der Waals surface area contributed by atoms with Crippen LogP contribution in [0.2, 0.25) is 0 Å². The first-order valence-electron chi connectivity index (χ1n) is 11.1. The Morgan fingerprint density at radius 2 is 2.10 bits per heavy atom. The second-order valence-corrected chi connectivity index (χ2v) is 8.13. The predicted molar refractivity (Wildman–Crippen MR) is 120 cm³/mol. The molecule has 166 valence electrons. The van der Waals surface area contributed by atoms with Crippen molar-refractivity contribution in [3.63, 3.8) is 0 Å². The Balaban J connectivity index is 1.55. The molecule has 0 bridgehead atoms. The molecule has 1 aromatic heterocycles. The highest BCUT2D eigenvalue weighted by Gasteiger charge is 2.23. The van der Waals surface area contributed by atoms with Gasteiger partial charge in [-0.2, -0.15) is 0 Å². The standard InChI is InChI=1S/C22H36N6O2/c1-4-24-22(27-9-7-18(8-10-27)13-21(29)23-3)26-15-19-5-6-20(25-14-19)28-11-12-30-17(2)16-28/h5-6,14,17-18H,4,7-13,15-16H2,1-3H3,(H,23,29)(H,24,26). The number of guanidine groups is 1. The molecule has 3 heterocycles. The Morgan fingerprint density at radius 1 is 1.30 bits per heavy atom. The van der Waals surface area contributed by atoms with Crippen molar-refractivity contribution >= 4 is 17.7 Å². The molecule has 2 N–H and O–H groups in total. The molecule has 2 aliphatic heterocycles. The first kappa shape index (κ1) is 22.3. The maximum absolute atomic E-state index is 11.6. The number of piperidine rings is 1. The molecule has 8 heteroatoms. The third kappa shape index (κ3) is 6.32. The van der Waals surface area contributed by atoms with Gasteiger partial charge < -0.3 is 25.2 Å². The number of aromatic nitrogens is 1. The number of nitrogens with one attached hydrogen (secondary N) is 2. The predicted octanol–water partition coefficient (Wildman–Crippen LogP) is 1.62. The molecule has 2 aliphatic rings. The first-order valence-corrected chi connectivity index (χ1v) is 11.1. The number of amides is 1. The lowest BCUT2D eigenvalue weighted by Gasteiger charge is -2.34. The molecule has 2 fully saturated rings. The molecule has 0 aromatic carbocycles. The average Bonchev–Trinajstić information content (AvgIpc) is 2.77. The summed E-state index contributed by atoms with van der Waals surface area (Å²) in [5, 5.41) is 6.14. The van der Waals surface area contributed by atoms with Gasteiger partial charge in [-0.3, -0.25) is 4.79 Å². The van der Waals surface area contributed by atoms with E-state index in [1.165, 1.54) is 0 Å². The number of pyridine rings is 1. The van der Waals surface area contributed by atoms with Gasteiger partial charge in [0, 0.05) is 52.4 Å². The second kappa shape index (κ2) is 11.2. The third-order valence-electron chi connectivity index (χ3n) is 5.79. The fraction of sp³-hybridized carbons (Fsp3) is 0.682. The number of anilines is 1. The molecule has 1 unspecified atom stereocenters. The van der Waals surface area contributed by atoms with Crippen molar-refractivity contribution in [3.8, 4) is 0 Å². The molecule has 1 amide bonds. The van der Waals surface area contributed by atoms with E-state index in [4.69, 9.17) is 9.73 Å². The Hall–Kier alpha value is -2.35. The summed E-state index contributed by atoms with van der Waals surface area (Å²) < 4.78 is 5.61. The lowest BCUT2D eigenvalue weighted by molar-refractivity contribution is -0.121. The van der Waals surface area contributed by atoms with Crippen molar-refractivity contribution in [2.75, 3.05) is 51.3 Å². The number of morpholine rings is 1. The number of hydrogen-bond donors (Lipinski definition) is 2. The van der Waals surface area contributed by atoms with Gasteiger partial charge in [0.1, 0.15) is 5.82 Å². The fourth-order valence-corrected chi connectivity index (χ4v) is 4.03. The van der Waals surface area contributed by atoms with Gasteiger partial charge in [-0.05, 0) is 44.2 Å². The van der Waals surface area contributed by atoms with E-state index in [-0.39, 0.29) is 12.0 Å². The second-order valence-electron chi connectivity index (χ2n) is 8.13. The van der Waals surface area contributed by atoms with Crippen molar-refractivity contribution in [3.05, 3.63) is 23.9 Å². The fourth-order valence-electron chi connectivity index (χ4n) is 4.03. The molecule has 0 aliphatic carbocycles. The molecule has 0 saturated carbocycles. The van der Waals surface area contributed by atoms with Crippen molar-refractivity contribution < 1.29 is 9.53 Å². The number of rotatable bonds is 6. The zero-order valence-corrected chi connectivity index (χ0v) is 18.6. The SMILES string of the molecule is CCNC(=NCc1ccc(N2CCOC(C)C2)nc1)N1CCC(CC(=O)NC)CC1. The van der Waals surface area contributed by atoms with E-state index in [9.17, 15) is 4.79 Å². The van der Waals surface area contributed by atoms with Gasteiger partial charge in [-0.25, -0.2) is 9.98 Å². The molecular formula is C22H36N6O2. The summed E-state index contributed by atoms with van der Waals surface area (Å²) in [5.74, 6) is 2.55. The van der Waals surface area contributed by atoms with E-state index >= 15 is 0 Å². The molecule has 8 nitrogen and oxygen atoms in total. The van der Waals surface area contributed by atoms with Crippen LogP contribution in [0.3, 0.4) is 0 Å². The summed E-state index contributed by atoms with van der Waals surface area (Å²) in [6.45, 7) is 10.0. The summed E-state index contributed by atoms with van der Waals surface area (Å²) in [6, 6.07) is 4.20. The van der Waals surface area contributed by atoms with Crippen LogP contribution in [0.5, 0.6) is 0 Å². The Bertz CT molecular complexity index is 700. The van der Waals surface area contributed by atoms with E-state index in [1.807, 2.05) is 6.20 Å². The van der Waals surface area contributed by atoms with Crippen LogP contribution in [0.25, 0.3) is 0 Å². The van der Waals surface area contributed by atoms with Crippen LogP contribution >= 0.6 is 0 Å². The van der Waals surface area contributed by atoms with Gasteiger partial charge in [0.05, 0.1) is 19.3 Å². The van der Waals surface area contributed by atoms with E-state index in [0.29, 0.717) is 18.9 Å². The highest BCUT2D eigenvalue weighted by Crippen LogP contribution is 2.21. The van der Waals surface area contributed by atoms with Gasteiger partial charge in [0.2, 0.25) is 5.91 Å². The minimum absolute atomic E-state index is 0.136. The number of hydrogen-bond acceptors (Lipinski definition) is 5. The maximum atomic E-state index is 11.6.